The van der Waals surface area contributed by atoms with E-state index in [0.717, 1.165) is 18.2 Å². The maximum Gasteiger partial charge on any atom is 0.573 e. The number of hydrogen-bond acceptors (Lipinski definition) is 4. The van der Waals surface area contributed by atoms with Crippen LogP contribution in [0.4, 0.5) is 13.2 Å². The van der Waals surface area contributed by atoms with Gasteiger partial charge in [-0.1, -0.05) is 0 Å². The molecule has 0 unspecified atom stereocenters. The molecule has 22 heavy (non-hydrogen) atoms. The van der Waals surface area contributed by atoms with Crippen LogP contribution in [0.15, 0.2) is 29.1 Å². The van der Waals surface area contributed by atoms with Crippen molar-refractivity contribution in [2.75, 3.05) is 0 Å². The van der Waals surface area contributed by atoms with Crippen molar-refractivity contribution in [3.8, 4) is 28.7 Å². The van der Waals surface area contributed by atoms with Gasteiger partial charge in [-0.05, 0) is 25.1 Å². The third kappa shape index (κ3) is 3.20. The fourth-order valence-corrected chi connectivity index (χ4v) is 1.95. The van der Waals surface area contributed by atoms with Gasteiger partial charge >= 0.3 is 6.36 Å². The van der Waals surface area contributed by atoms with Gasteiger partial charge in [0.2, 0.25) is 0 Å². The number of ether oxygens (including phenoxy) is 1. The first-order chi connectivity index (χ1) is 10.2. The number of pyridine rings is 1. The minimum absolute atomic E-state index is 0.0558. The van der Waals surface area contributed by atoms with Gasteiger partial charge in [-0.25, -0.2) is 0 Å². The van der Waals surface area contributed by atoms with E-state index in [-0.39, 0.29) is 16.7 Å². The molecule has 1 aromatic carbocycles. The second kappa shape index (κ2) is 5.44. The van der Waals surface area contributed by atoms with E-state index in [4.69, 9.17) is 5.26 Å². The van der Waals surface area contributed by atoms with Crippen LogP contribution < -0.4 is 10.3 Å². The second-order valence-corrected chi connectivity index (χ2v) is 4.41. The summed E-state index contributed by atoms with van der Waals surface area (Å²) in [7, 11) is 0. The molecule has 5 nitrogen and oxygen atoms in total. The van der Waals surface area contributed by atoms with Gasteiger partial charge in [0.05, 0.1) is 0 Å². The number of nitrogens with one attached hydrogen (secondary N) is 1. The summed E-state index contributed by atoms with van der Waals surface area (Å²) in [5, 5.41) is 18.9. The smallest absolute Gasteiger partial charge is 0.507 e. The van der Waals surface area contributed by atoms with Gasteiger partial charge in [-0.15, -0.1) is 13.2 Å². The maximum atomic E-state index is 12.1. The number of hydrogen-bond donors (Lipinski definition) is 2. The van der Waals surface area contributed by atoms with E-state index >= 15 is 0 Å². The van der Waals surface area contributed by atoms with Crippen molar-refractivity contribution < 1.29 is 23.0 Å². The minimum atomic E-state index is -4.88. The summed E-state index contributed by atoms with van der Waals surface area (Å²) < 4.78 is 40.1. The quantitative estimate of drug-likeness (QED) is 0.893. The molecule has 0 radical (unpaired) electrons. The lowest BCUT2D eigenvalue weighted by atomic mass is 10.00. The van der Waals surface area contributed by atoms with Gasteiger partial charge in [-0.2, -0.15) is 5.26 Å². The van der Waals surface area contributed by atoms with Crippen molar-refractivity contribution in [3.05, 3.63) is 45.9 Å². The highest BCUT2D eigenvalue weighted by molar-refractivity contribution is 5.76. The van der Waals surface area contributed by atoms with E-state index < -0.39 is 23.4 Å². The second-order valence-electron chi connectivity index (χ2n) is 4.41. The van der Waals surface area contributed by atoms with Crippen LogP contribution in [0.1, 0.15) is 11.3 Å². The van der Waals surface area contributed by atoms with E-state index in [2.05, 4.69) is 9.72 Å². The summed E-state index contributed by atoms with van der Waals surface area (Å²) in [5.74, 6) is -1.14. The van der Waals surface area contributed by atoms with Gasteiger partial charge in [-0.3, -0.25) is 4.79 Å². The molecule has 1 heterocycles. The average Bonchev–Trinajstić information content (AvgIpc) is 2.36. The Labute approximate surface area is 122 Å². The summed E-state index contributed by atoms with van der Waals surface area (Å²) in [4.78, 5) is 14.1. The molecule has 0 fully saturated rings. The van der Waals surface area contributed by atoms with Crippen LogP contribution in [0, 0.1) is 18.3 Å². The normalized spacial score (nSPS) is 11.0. The molecular weight excluding hydrogens is 301 g/mol. The van der Waals surface area contributed by atoms with Crippen LogP contribution in [0.3, 0.4) is 0 Å². The van der Waals surface area contributed by atoms with Crippen LogP contribution in [0.5, 0.6) is 11.5 Å². The fraction of sp³-hybridized carbons (Fsp3) is 0.143. The molecular formula is C14H9F3N2O3. The summed E-state index contributed by atoms with van der Waals surface area (Å²) in [6, 6.07) is 6.04. The molecule has 0 aliphatic heterocycles. The van der Waals surface area contributed by atoms with E-state index in [9.17, 15) is 23.1 Å². The molecule has 0 saturated carbocycles. The molecule has 0 bridgehead atoms. The number of phenolic OH excluding ortho intramolecular Hbond substituents is 1. The molecule has 2 rings (SSSR count). The number of nitrogens with zero attached hydrogens (tertiary/aromatic N) is 1. The molecule has 0 saturated heterocycles. The number of alkyl halides is 3. The standard InChI is InChI=1S/C14H9F3N2O3/c1-7-4-10(11(6-18)13(21)19-7)9-3-2-8(5-12(9)20)22-14(15,16)17/h2-5,20H,1H3,(H,19,21). The van der Waals surface area contributed by atoms with Gasteiger partial charge in [0.1, 0.15) is 23.1 Å². The minimum Gasteiger partial charge on any atom is -0.507 e. The zero-order chi connectivity index (χ0) is 16.5. The Balaban J connectivity index is 2.56. The van der Waals surface area contributed by atoms with Gasteiger partial charge in [0.25, 0.3) is 5.56 Å². The number of rotatable bonds is 2. The number of aromatic nitrogens is 1. The van der Waals surface area contributed by atoms with E-state index in [1.165, 1.54) is 6.07 Å². The highest BCUT2D eigenvalue weighted by atomic mass is 19.4. The Bertz CT molecular complexity index is 820. The molecule has 0 aliphatic carbocycles. The van der Waals surface area contributed by atoms with Gasteiger partial charge in [0.15, 0.2) is 0 Å². The predicted octanol–water partition coefficient (Wildman–Crippen LogP) is 2.83. The van der Waals surface area contributed by atoms with Crippen LogP contribution in [0.2, 0.25) is 0 Å². The van der Waals surface area contributed by atoms with E-state index in [1.54, 1.807) is 13.0 Å². The lowest BCUT2D eigenvalue weighted by Crippen LogP contribution is -2.17. The number of H-pyrrole nitrogens is 1. The van der Waals surface area contributed by atoms with Gasteiger partial charge in [0, 0.05) is 22.9 Å². The van der Waals surface area contributed by atoms with Crippen molar-refractivity contribution in [1.82, 2.24) is 4.98 Å². The number of nitriles is 1. The highest BCUT2D eigenvalue weighted by Crippen LogP contribution is 2.35. The lowest BCUT2D eigenvalue weighted by Gasteiger charge is -2.12. The third-order valence-electron chi connectivity index (χ3n) is 2.77. The predicted molar refractivity (Wildman–Crippen MR) is 70.3 cm³/mol. The first kappa shape index (κ1) is 15.4. The van der Waals surface area contributed by atoms with Crippen molar-refractivity contribution in [2.24, 2.45) is 0 Å². The van der Waals surface area contributed by atoms with Crippen LogP contribution in [-0.2, 0) is 0 Å². The molecule has 0 amide bonds. The lowest BCUT2D eigenvalue weighted by molar-refractivity contribution is -0.274. The average molecular weight is 310 g/mol. The number of benzene rings is 1. The summed E-state index contributed by atoms with van der Waals surface area (Å²) >= 11 is 0. The highest BCUT2D eigenvalue weighted by Gasteiger charge is 2.31. The Morgan fingerprint density at radius 2 is 1.95 bits per heavy atom. The summed E-state index contributed by atoms with van der Waals surface area (Å²) in [6.07, 6.45) is -4.88. The molecule has 8 heteroatoms. The molecule has 0 aliphatic rings. The first-order valence-electron chi connectivity index (χ1n) is 5.94. The van der Waals surface area contributed by atoms with Crippen molar-refractivity contribution >= 4 is 0 Å². The fourth-order valence-electron chi connectivity index (χ4n) is 1.95. The van der Waals surface area contributed by atoms with Crippen molar-refractivity contribution in [3.63, 3.8) is 0 Å². The monoisotopic (exact) mass is 310 g/mol. The van der Waals surface area contributed by atoms with Crippen LogP contribution in [0.25, 0.3) is 11.1 Å². The zero-order valence-electron chi connectivity index (χ0n) is 11.2. The first-order valence-corrected chi connectivity index (χ1v) is 5.94. The molecule has 114 valence electrons. The number of aryl methyl sites for hydroxylation is 1. The zero-order valence-corrected chi connectivity index (χ0v) is 11.2. The molecule has 2 N–H and O–H groups in total. The topological polar surface area (TPSA) is 86.1 Å². The Kier molecular flexibility index (Phi) is 3.82. The van der Waals surface area contributed by atoms with E-state index in [0.29, 0.717) is 5.69 Å². The third-order valence-corrected chi connectivity index (χ3v) is 2.77. The Morgan fingerprint density at radius 1 is 1.27 bits per heavy atom. The molecule has 2 aromatic rings. The van der Waals surface area contributed by atoms with Crippen molar-refractivity contribution in [2.45, 2.75) is 13.3 Å². The Morgan fingerprint density at radius 3 is 2.50 bits per heavy atom. The molecule has 0 atom stereocenters. The number of halogens is 3. The Hall–Kier alpha value is -2.95. The van der Waals surface area contributed by atoms with Gasteiger partial charge < -0.3 is 14.8 Å². The molecule has 0 spiro atoms. The largest absolute Gasteiger partial charge is 0.573 e. The summed E-state index contributed by atoms with van der Waals surface area (Å²) in [6.45, 7) is 1.57. The van der Waals surface area contributed by atoms with Crippen LogP contribution >= 0.6 is 0 Å². The number of phenols is 1. The molecule has 1 aromatic heterocycles. The van der Waals surface area contributed by atoms with E-state index in [1.807, 2.05) is 0 Å². The maximum absolute atomic E-state index is 12.1. The number of aromatic hydroxyl groups is 1. The van der Waals surface area contributed by atoms with Crippen molar-refractivity contribution in [1.29, 1.82) is 5.26 Å². The van der Waals surface area contributed by atoms with Crippen LogP contribution in [-0.4, -0.2) is 16.5 Å². The number of aromatic amines is 1. The SMILES string of the molecule is Cc1cc(-c2ccc(OC(F)(F)F)cc2O)c(C#N)c(=O)[nH]1. The summed E-state index contributed by atoms with van der Waals surface area (Å²) in [5.41, 5.74) is -0.271.